The summed E-state index contributed by atoms with van der Waals surface area (Å²) in [7, 11) is 0. The van der Waals surface area contributed by atoms with Crippen LogP contribution in [0.5, 0.6) is 0 Å². The van der Waals surface area contributed by atoms with E-state index in [1.54, 1.807) is 0 Å². The maximum absolute atomic E-state index is 14.3. The lowest BCUT2D eigenvalue weighted by Crippen LogP contribution is -2.34. The van der Waals surface area contributed by atoms with Crippen LogP contribution in [0, 0.1) is 11.6 Å². The van der Waals surface area contributed by atoms with Crippen molar-refractivity contribution in [3.8, 4) is 0 Å². The Morgan fingerprint density at radius 2 is 2.08 bits per heavy atom. The molecule has 0 fully saturated rings. The van der Waals surface area contributed by atoms with Gasteiger partial charge in [-0.3, -0.25) is 0 Å². The second-order valence-electron chi connectivity index (χ2n) is 6.30. The van der Waals surface area contributed by atoms with Gasteiger partial charge in [-0.2, -0.15) is 5.10 Å². The predicted molar refractivity (Wildman–Crippen MR) is 98.2 cm³/mol. The minimum absolute atomic E-state index is 0.208. The number of nitrogens with zero attached hydrogens (tertiary/aromatic N) is 2. The zero-order valence-electron chi connectivity index (χ0n) is 13.9. The molecule has 25 heavy (non-hydrogen) atoms. The summed E-state index contributed by atoms with van der Waals surface area (Å²) in [6.07, 6.45) is 2.54. The first-order valence-corrected chi connectivity index (χ1v) is 9.16. The number of hydrazone groups is 1. The van der Waals surface area contributed by atoms with E-state index in [0.29, 0.717) is 5.04 Å². The Morgan fingerprint density at radius 1 is 1.28 bits per heavy atom. The Balaban J connectivity index is 1.84. The van der Waals surface area contributed by atoms with Gasteiger partial charge >= 0.3 is 0 Å². The first-order chi connectivity index (χ1) is 12.0. The van der Waals surface area contributed by atoms with E-state index < -0.39 is 16.5 Å². The molecular weight excluding hydrogens is 338 g/mol. The Kier molecular flexibility index (Phi) is 3.91. The molecule has 1 spiro atoms. The van der Waals surface area contributed by atoms with Crippen LogP contribution in [0.1, 0.15) is 36.5 Å². The fourth-order valence-corrected chi connectivity index (χ4v) is 5.00. The highest BCUT2D eigenvalue weighted by Crippen LogP contribution is 2.56. The van der Waals surface area contributed by atoms with Crippen LogP contribution in [0.3, 0.4) is 0 Å². The lowest BCUT2D eigenvalue weighted by atomic mass is 10.1. The molecule has 0 saturated heterocycles. The highest BCUT2D eigenvalue weighted by atomic mass is 32.2. The summed E-state index contributed by atoms with van der Waals surface area (Å²) in [5, 5.41) is 7.09. The van der Waals surface area contributed by atoms with Crippen molar-refractivity contribution in [1.82, 2.24) is 5.01 Å². The second-order valence-corrected chi connectivity index (χ2v) is 7.57. The summed E-state index contributed by atoms with van der Waals surface area (Å²) >= 11 is 1.50. The van der Waals surface area contributed by atoms with Crippen LogP contribution >= 0.6 is 11.8 Å². The normalized spacial score (nSPS) is 21.6. The molecule has 1 aliphatic carbocycles. The maximum atomic E-state index is 14.3. The number of allylic oxidation sites excluding steroid dienone is 1. The highest BCUT2D eigenvalue weighted by molar-refractivity contribution is 8.15. The topological polar surface area (TPSA) is 15.6 Å². The number of halogens is 2. The molecule has 1 atom stereocenters. The number of fused-ring (bicyclic) bond motifs is 2. The number of aryl methyl sites for hydroxylation is 1. The number of hydrogen-bond acceptors (Lipinski definition) is 3. The smallest absolute Gasteiger partial charge is 0.140 e. The van der Waals surface area contributed by atoms with Crippen molar-refractivity contribution >= 4 is 16.8 Å². The molecule has 0 N–H and O–H groups in total. The van der Waals surface area contributed by atoms with Crippen molar-refractivity contribution in [1.29, 1.82) is 0 Å². The quantitative estimate of drug-likeness (QED) is 0.732. The van der Waals surface area contributed by atoms with Crippen LogP contribution in [0.2, 0.25) is 0 Å². The summed E-state index contributed by atoms with van der Waals surface area (Å²) < 4.78 is 28.0. The van der Waals surface area contributed by atoms with Crippen LogP contribution < -0.4 is 0 Å². The number of thioether (sulfide) groups is 1. The Bertz CT molecular complexity index is 893. The SMILES string of the molecule is C=C(CC)N1N=C(c2cc(F)ccc2F)SC12CCc1ccccc12. The first kappa shape index (κ1) is 16.3. The monoisotopic (exact) mass is 356 g/mol. The lowest BCUT2D eigenvalue weighted by Gasteiger charge is -2.35. The number of hydrogen-bond donors (Lipinski definition) is 0. The van der Waals surface area contributed by atoms with Crippen molar-refractivity contribution in [3.05, 3.63) is 83.1 Å². The summed E-state index contributed by atoms with van der Waals surface area (Å²) in [5.74, 6) is -0.925. The van der Waals surface area contributed by atoms with Crippen molar-refractivity contribution < 1.29 is 8.78 Å². The third-order valence-electron chi connectivity index (χ3n) is 4.84. The molecular formula is C20H18F2N2S. The predicted octanol–water partition coefficient (Wildman–Crippen LogP) is 5.40. The summed E-state index contributed by atoms with van der Waals surface area (Å²) in [6.45, 7) is 6.18. The third kappa shape index (κ3) is 2.49. The van der Waals surface area contributed by atoms with Gasteiger partial charge in [-0.15, -0.1) is 0 Å². The molecule has 0 amide bonds. The molecule has 2 nitrogen and oxygen atoms in total. The minimum Gasteiger partial charge on any atom is -0.248 e. The van der Waals surface area contributed by atoms with Gasteiger partial charge in [0.05, 0.1) is 0 Å². The van der Waals surface area contributed by atoms with Gasteiger partial charge in [-0.05, 0) is 48.6 Å². The average molecular weight is 356 g/mol. The molecule has 1 aliphatic heterocycles. The molecule has 0 bridgehead atoms. The fourth-order valence-electron chi connectivity index (χ4n) is 3.53. The lowest BCUT2D eigenvalue weighted by molar-refractivity contribution is 0.234. The molecule has 2 aromatic rings. The first-order valence-electron chi connectivity index (χ1n) is 8.34. The summed E-state index contributed by atoms with van der Waals surface area (Å²) in [5.41, 5.74) is 3.54. The fraction of sp³-hybridized carbons (Fsp3) is 0.250. The standard InChI is InChI=1S/C20H18F2N2S/c1-3-13(2)24-20(11-10-14-6-4-5-7-17(14)20)25-19(23-24)16-12-15(21)8-9-18(16)22/h4-9,12H,2-3,10-11H2,1H3. The largest absolute Gasteiger partial charge is 0.248 e. The molecule has 5 heteroatoms. The summed E-state index contributed by atoms with van der Waals surface area (Å²) in [6, 6.07) is 11.8. The molecule has 1 heterocycles. The molecule has 0 saturated carbocycles. The Morgan fingerprint density at radius 3 is 2.88 bits per heavy atom. The Hall–Kier alpha value is -2.14. The number of benzene rings is 2. The van der Waals surface area contributed by atoms with E-state index >= 15 is 0 Å². The average Bonchev–Trinajstić information content (AvgIpc) is 3.19. The van der Waals surface area contributed by atoms with E-state index in [1.165, 1.54) is 29.0 Å². The Labute approximate surface area is 150 Å². The van der Waals surface area contributed by atoms with E-state index in [9.17, 15) is 8.78 Å². The molecule has 0 aromatic heterocycles. The van der Waals surface area contributed by atoms with E-state index in [1.807, 2.05) is 24.1 Å². The third-order valence-corrected chi connectivity index (χ3v) is 6.27. The van der Waals surface area contributed by atoms with Gasteiger partial charge in [-0.1, -0.05) is 49.5 Å². The van der Waals surface area contributed by atoms with Gasteiger partial charge in [0.1, 0.15) is 21.5 Å². The zero-order valence-corrected chi connectivity index (χ0v) is 14.7. The van der Waals surface area contributed by atoms with Crippen LogP contribution in [0.4, 0.5) is 8.78 Å². The molecule has 128 valence electrons. The minimum atomic E-state index is -0.464. The second kappa shape index (κ2) is 5.99. The van der Waals surface area contributed by atoms with Gasteiger partial charge in [0, 0.05) is 11.3 Å². The molecule has 4 rings (SSSR count). The zero-order chi connectivity index (χ0) is 17.6. The van der Waals surface area contributed by atoms with Crippen molar-refractivity contribution in [2.45, 2.75) is 31.1 Å². The van der Waals surface area contributed by atoms with Crippen molar-refractivity contribution in [2.75, 3.05) is 0 Å². The number of rotatable bonds is 3. The van der Waals surface area contributed by atoms with Gasteiger partial charge in [0.15, 0.2) is 0 Å². The molecule has 2 aliphatic rings. The molecule has 2 aromatic carbocycles. The van der Waals surface area contributed by atoms with Crippen molar-refractivity contribution in [3.63, 3.8) is 0 Å². The van der Waals surface area contributed by atoms with Crippen molar-refractivity contribution in [2.24, 2.45) is 5.10 Å². The maximum Gasteiger partial charge on any atom is 0.140 e. The van der Waals surface area contributed by atoms with E-state index in [4.69, 9.17) is 0 Å². The van der Waals surface area contributed by atoms with Crippen LogP contribution in [0.15, 0.2) is 59.8 Å². The van der Waals surface area contributed by atoms with Gasteiger partial charge in [0.2, 0.25) is 0 Å². The molecule has 0 radical (unpaired) electrons. The van der Waals surface area contributed by atoms with E-state index in [-0.39, 0.29) is 5.56 Å². The van der Waals surface area contributed by atoms with Crippen LogP contribution in [0.25, 0.3) is 0 Å². The van der Waals surface area contributed by atoms with Gasteiger partial charge < -0.3 is 0 Å². The summed E-state index contributed by atoms with van der Waals surface area (Å²) in [4.78, 5) is -0.419. The van der Waals surface area contributed by atoms with Gasteiger partial charge in [0.25, 0.3) is 0 Å². The van der Waals surface area contributed by atoms with Crippen LogP contribution in [-0.4, -0.2) is 10.1 Å². The molecule has 1 unspecified atom stereocenters. The van der Waals surface area contributed by atoms with Crippen LogP contribution in [-0.2, 0) is 11.3 Å². The van der Waals surface area contributed by atoms with E-state index in [2.05, 4.69) is 23.8 Å². The van der Waals surface area contributed by atoms with Gasteiger partial charge in [-0.25, -0.2) is 13.8 Å². The van der Waals surface area contributed by atoms with E-state index in [0.717, 1.165) is 37.1 Å². The highest BCUT2D eigenvalue weighted by Gasteiger charge is 2.50.